The lowest BCUT2D eigenvalue weighted by Gasteiger charge is -2.07. The first-order valence-corrected chi connectivity index (χ1v) is 5.32. The molecule has 0 amide bonds. The van der Waals surface area contributed by atoms with Crippen molar-refractivity contribution in [2.45, 2.75) is 0 Å². The first-order chi connectivity index (χ1) is 8.19. The van der Waals surface area contributed by atoms with Gasteiger partial charge in [0.25, 0.3) is 0 Å². The van der Waals surface area contributed by atoms with Crippen LogP contribution in [0.25, 0.3) is 11.1 Å². The molecule has 0 spiro atoms. The van der Waals surface area contributed by atoms with Gasteiger partial charge in [0, 0.05) is 30.6 Å². The molecule has 3 N–H and O–H groups in total. The average molecular weight is 233 g/mol. The molecule has 0 fully saturated rings. The number of ether oxygens (including phenoxy) is 1. The Morgan fingerprint density at radius 1 is 1.35 bits per heavy atom. The monoisotopic (exact) mass is 233 g/mol. The maximum Gasteiger partial charge on any atom is 0.122 e. The quantitative estimate of drug-likeness (QED) is 0.774. The van der Waals surface area contributed by atoms with Crippen LogP contribution in [0, 0.1) is 0 Å². The maximum absolute atomic E-state index is 8.72. The smallest absolute Gasteiger partial charge is 0.122 e. The summed E-state index contributed by atoms with van der Waals surface area (Å²) < 4.78 is 7.08. The van der Waals surface area contributed by atoms with Gasteiger partial charge in [-0.05, 0) is 17.7 Å². The van der Waals surface area contributed by atoms with Crippen molar-refractivity contribution in [3.8, 4) is 16.9 Å². The highest BCUT2D eigenvalue weighted by Crippen LogP contribution is 2.26. The molecule has 0 unspecified atom stereocenters. The summed E-state index contributed by atoms with van der Waals surface area (Å²) in [4.78, 5) is 0. The second kappa shape index (κ2) is 4.88. The van der Waals surface area contributed by atoms with Crippen LogP contribution in [-0.4, -0.2) is 28.1 Å². The van der Waals surface area contributed by atoms with Gasteiger partial charge in [0.05, 0.1) is 12.8 Å². The molecule has 2 rings (SSSR count). The Morgan fingerprint density at radius 3 is 2.82 bits per heavy atom. The third kappa shape index (κ3) is 2.76. The number of anilines is 1. The van der Waals surface area contributed by atoms with Gasteiger partial charge >= 0.3 is 0 Å². The molecule has 0 aliphatic rings. The minimum atomic E-state index is -0.0168. The Morgan fingerprint density at radius 2 is 2.18 bits per heavy atom. The van der Waals surface area contributed by atoms with Gasteiger partial charge < -0.3 is 15.6 Å². The lowest BCUT2D eigenvalue weighted by atomic mass is 10.1. The number of hydrogen-bond donors (Lipinski definition) is 2. The molecule has 1 aromatic carbocycles. The van der Waals surface area contributed by atoms with E-state index in [-0.39, 0.29) is 13.2 Å². The molecule has 2 aromatic rings. The van der Waals surface area contributed by atoms with Crippen LogP contribution in [-0.2, 0) is 7.05 Å². The summed E-state index contributed by atoms with van der Waals surface area (Å²) in [6.07, 6.45) is 3.68. The number of aromatic nitrogens is 2. The van der Waals surface area contributed by atoms with Crippen molar-refractivity contribution in [2.24, 2.45) is 7.05 Å². The molecule has 1 aromatic heterocycles. The number of benzene rings is 1. The van der Waals surface area contributed by atoms with Crippen molar-refractivity contribution in [3.63, 3.8) is 0 Å². The molecule has 1 heterocycles. The zero-order valence-corrected chi connectivity index (χ0v) is 9.63. The van der Waals surface area contributed by atoms with Crippen molar-refractivity contribution < 1.29 is 9.84 Å². The molecule has 0 aliphatic heterocycles. The van der Waals surface area contributed by atoms with Crippen LogP contribution in [0.5, 0.6) is 5.75 Å². The molecule has 90 valence electrons. The second-order valence-corrected chi connectivity index (χ2v) is 3.77. The van der Waals surface area contributed by atoms with Gasteiger partial charge in [-0.25, -0.2) is 0 Å². The summed E-state index contributed by atoms with van der Waals surface area (Å²) in [5.74, 6) is 0.651. The molecule has 0 saturated carbocycles. The van der Waals surface area contributed by atoms with E-state index in [1.165, 1.54) is 0 Å². The molecule has 0 radical (unpaired) electrons. The fourth-order valence-electron chi connectivity index (χ4n) is 1.61. The standard InChI is InChI=1S/C12H15N3O2/c1-15-8-10(7-14-15)9-4-11(13)6-12(5-9)17-3-2-16/h4-8,16H,2-3,13H2,1H3. The molecule has 0 saturated heterocycles. The highest BCUT2D eigenvalue weighted by molar-refractivity contribution is 5.68. The van der Waals surface area contributed by atoms with Crippen LogP contribution in [0.1, 0.15) is 0 Å². The molecular formula is C12H15N3O2. The number of nitrogens with zero attached hydrogens (tertiary/aromatic N) is 2. The molecule has 17 heavy (non-hydrogen) atoms. The maximum atomic E-state index is 8.72. The third-order valence-corrected chi connectivity index (χ3v) is 2.33. The van der Waals surface area contributed by atoms with E-state index in [0.29, 0.717) is 11.4 Å². The minimum Gasteiger partial charge on any atom is -0.491 e. The predicted molar refractivity (Wildman–Crippen MR) is 65.6 cm³/mol. The normalized spacial score (nSPS) is 10.5. The van der Waals surface area contributed by atoms with Crippen LogP contribution >= 0.6 is 0 Å². The molecule has 0 bridgehead atoms. The molecule has 5 heteroatoms. The van der Waals surface area contributed by atoms with Gasteiger partial charge in [-0.3, -0.25) is 4.68 Å². The zero-order valence-electron chi connectivity index (χ0n) is 9.63. The lowest BCUT2D eigenvalue weighted by Crippen LogP contribution is -2.02. The van der Waals surface area contributed by atoms with Gasteiger partial charge in [-0.1, -0.05) is 0 Å². The van der Waals surface area contributed by atoms with Gasteiger partial charge in [0.1, 0.15) is 12.4 Å². The van der Waals surface area contributed by atoms with Crippen LogP contribution in [0.4, 0.5) is 5.69 Å². The summed E-state index contributed by atoms with van der Waals surface area (Å²) in [6.45, 7) is 0.243. The van der Waals surface area contributed by atoms with E-state index in [4.69, 9.17) is 15.6 Å². The highest BCUT2D eigenvalue weighted by Gasteiger charge is 2.04. The van der Waals surface area contributed by atoms with Crippen molar-refractivity contribution in [1.82, 2.24) is 9.78 Å². The Balaban J connectivity index is 2.31. The molecular weight excluding hydrogens is 218 g/mol. The average Bonchev–Trinajstić information content (AvgIpc) is 2.72. The number of aryl methyl sites for hydroxylation is 1. The third-order valence-electron chi connectivity index (χ3n) is 2.33. The van der Waals surface area contributed by atoms with E-state index in [9.17, 15) is 0 Å². The summed E-state index contributed by atoms with van der Waals surface area (Å²) in [6, 6.07) is 5.47. The van der Waals surface area contributed by atoms with Crippen LogP contribution in [0.15, 0.2) is 30.6 Å². The summed E-state index contributed by atoms with van der Waals surface area (Å²) in [5, 5.41) is 12.8. The van der Waals surface area contributed by atoms with Crippen molar-refractivity contribution in [1.29, 1.82) is 0 Å². The second-order valence-electron chi connectivity index (χ2n) is 3.77. The van der Waals surface area contributed by atoms with E-state index >= 15 is 0 Å². The fourth-order valence-corrected chi connectivity index (χ4v) is 1.61. The number of nitrogen functional groups attached to an aromatic ring is 1. The Kier molecular flexibility index (Phi) is 3.30. The highest BCUT2D eigenvalue weighted by atomic mass is 16.5. The number of aliphatic hydroxyl groups excluding tert-OH is 1. The van der Waals surface area contributed by atoms with Crippen molar-refractivity contribution >= 4 is 5.69 Å². The van der Waals surface area contributed by atoms with Gasteiger partial charge in [0.15, 0.2) is 0 Å². The van der Waals surface area contributed by atoms with Crippen LogP contribution < -0.4 is 10.5 Å². The van der Waals surface area contributed by atoms with E-state index in [0.717, 1.165) is 11.1 Å². The van der Waals surface area contributed by atoms with E-state index in [1.807, 2.05) is 25.4 Å². The molecule has 5 nitrogen and oxygen atoms in total. The van der Waals surface area contributed by atoms with E-state index < -0.39 is 0 Å². The first kappa shape index (κ1) is 11.5. The van der Waals surface area contributed by atoms with Crippen LogP contribution in [0.3, 0.4) is 0 Å². The Bertz CT molecular complexity index is 508. The molecule has 0 aliphatic carbocycles. The summed E-state index contributed by atoms with van der Waals surface area (Å²) in [7, 11) is 1.86. The van der Waals surface area contributed by atoms with Gasteiger partial charge in [-0.2, -0.15) is 5.10 Å². The largest absolute Gasteiger partial charge is 0.491 e. The lowest BCUT2D eigenvalue weighted by molar-refractivity contribution is 0.201. The summed E-state index contributed by atoms with van der Waals surface area (Å²) >= 11 is 0. The first-order valence-electron chi connectivity index (χ1n) is 5.32. The number of hydrogen-bond acceptors (Lipinski definition) is 4. The summed E-state index contributed by atoms with van der Waals surface area (Å²) in [5.41, 5.74) is 8.36. The SMILES string of the molecule is Cn1cc(-c2cc(N)cc(OCCO)c2)cn1. The Hall–Kier alpha value is -2.01. The number of nitrogens with two attached hydrogens (primary N) is 1. The van der Waals surface area contributed by atoms with Crippen molar-refractivity contribution in [3.05, 3.63) is 30.6 Å². The van der Waals surface area contributed by atoms with Gasteiger partial charge in [-0.15, -0.1) is 0 Å². The Labute approximate surface area is 99.4 Å². The minimum absolute atomic E-state index is 0.0168. The zero-order chi connectivity index (χ0) is 12.3. The van der Waals surface area contributed by atoms with E-state index in [2.05, 4.69) is 5.10 Å². The predicted octanol–water partition coefficient (Wildman–Crippen LogP) is 1.04. The van der Waals surface area contributed by atoms with E-state index in [1.54, 1.807) is 16.9 Å². The number of rotatable bonds is 4. The van der Waals surface area contributed by atoms with Gasteiger partial charge in [0.2, 0.25) is 0 Å². The topological polar surface area (TPSA) is 73.3 Å². The fraction of sp³-hybridized carbons (Fsp3) is 0.250. The van der Waals surface area contributed by atoms with Crippen LogP contribution in [0.2, 0.25) is 0 Å². The number of aliphatic hydroxyl groups is 1. The van der Waals surface area contributed by atoms with Crippen molar-refractivity contribution in [2.75, 3.05) is 18.9 Å². The molecule has 0 atom stereocenters.